The van der Waals surface area contributed by atoms with Crippen molar-refractivity contribution in [2.24, 2.45) is 0 Å². The van der Waals surface area contributed by atoms with Crippen molar-refractivity contribution in [2.45, 2.75) is 6.92 Å². The summed E-state index contributed by atoms with van der Waals surface area (Å²) in [6.07, 6.45) is 2.38. The zero-order chi connectivity index (χ0) is 4.99. The summed E-state index contributed by atoms with van der Waals surface area (Å²) in [4.78, 5) is 9.40. The van der Waals surface area contributed by atoms with Crippen LogP contribution in [0.5, 0.6) is 0 Å². The third-order valence-electron chi connectivity index (χ3n) is 0.303. The van der Waals surface area contributed by atoms with E-state index in [1.807, 2.05) is 0 Å². The number of carbonyl (C=O) groups excluding carboxylic acids is 1. The zero-order valence-electron chi connectivity index (χ0n) is 3.47. The molecule has 0 fully saturated rings. The summed E-state index contributed by atoms with van der Waals surface area (Å²) >= 11 is 0. The largest absolute Gasteiger partial charge is 0.545 e. The molecule has 0 atom stereocenters. The molecule has 2 heteroatoms. The number of carboxylic acids is 1. The first-order valence-corrected chi connectivity index (χ1v) is 1.61. The summed E-state index contributed by atoms with van der Waals surface area (Å²) in [5.41, 5.74) is 0. The van der Waals surface area contributed by atoms with Crippen LogP contribution in [-0.4, -0.2) is 5.97 Å². The van der Waals surface area contributed by atoms with Crippen molar-refractivity contribution in [3.63, 3.8) is 0 Å². The Balaban J connectivity index is 3.30. The highest BCUT2D eigenvalue weighted by molar-refractivity contribution is 5.77. The van der Waals surface area contributed by atoms with E-state index in [9.17, 15) is 9.90 Å². The minimum atomic E-state index is -1.14. The third-order valence-corrected chi connectivity index (χ3v) is 0.303. The molecule has 6 heavy (non-hydrogen) atoms. The van der Waals surface area contributed by atoms with Crippen LogP contribution in [0.3, 0.4) is 0 Å². The van der Waals surface area contributed by atoms with Crippen LogP contribution >= 0.6 is 0 Å². The van der Waals surface area contributed by atoms with Crippen molar-refractivity contribution in [2.75, 3.05) is 0 Å². The second-order valence-electron chi connectivity index (χ2n) is 0.819. The predicted octanol–water partition coefficient (Wildman–Crippen LogP) is -0.688. The molecule has 0 saturated carbocycles. The minimum absolute atomic E-state index is 0.972. The van der Waals surface area contributed by atoms with Crippen molar-refractivity contribution >= 4 is 5.97 Å². The van der Waals surface area contributed by atoms with Crippen LogP contribution < -0.4 is 5.11 Å². The van der Waals surface area contributed by atoms with Gasteiger partial charge in [-0.05, 0) is 13.0 Å². The first-order valence-electron chi connectivity index (χ1n) is 1.61. The second-order valence-corrected chi connectivity index (χ2v) is 0.819. The van der Waals surface area contributed by atoms with Crippen LogP contribution in [0.15, 0.2) is 12.2 Å². The van der Waals surface area contributed by atoms with E-state index in [1.165, 1.54) is 6.08 Å². The van der Waals surface area contributed by atoms with E-state index in [1.54, 1.807) is 6.92 Å². The highest BCUT2D eigenvalue weighted by Crippen LogP contribution is 1.61. The molecule has 0 aliphatic carbocycles. The summed E-state index contributed by atoms with van der Waals surface area (Å²) in [5, 5.41) is 9.40. The summed E-state index contributed by atoms with van der Waals surface area (Å²) in [5.74, 6) is -1.14. The summed E-state index contributed by atoms with van der Waals surface area (Å²) in [6.45, 7) is 1.62. The summed E-state index contributed by atoms with van der Waals surface area (Å²) in [7, 11) is 0. The van der Waals surface area contributed by atoms with E-state index in [4.69, 9.17) is 0 Å². The lowest BCUT2D eigenvalue weighted by Crippen LogP contribution is -2.18. The van der Waals surface area contributed by atoms with Crippen molar-refractivity contribution in [1.82, 2.24) is 0 Å². The van der Waals surface area contributed by atoms with Gasteiger partial charge in [-0.15, -0.1) is 0 Å². The number of allylic oxidation sites excluding steroid dienone is 1. The Morgan fingerprint density at radius 2 is 2.33 bits per heavy atom. The molecule has 0 rings (SSSR count). The maximum atomic E-state index is 9.40. The van der Waals surface area contributed by atoms with E-state index < -0.39 is 5.97 Å². The predicted molar refractivity (Wildman–Crippen MR) is 19.8 cm³/mol. The topological polar surface area (TPSA) is 40.1 Å². The lowest BCUT2D eigenvalue weighted by molar-refractivity contribution is -0.297. The molecule has 2 nitrogen and oxygen atoms in total. The highest BCUT2D eigenvalue weighted by Gasteiger charge is 1.61. The fourth-order valence-electron chi connectivity index (χ4n) is 0.136. The first-order chi connectivity index (χ1) is 2.77. The van der Waals surface area contributed by atoms with Gasteiger partial charge in [-0.25, -0.2) is 0 Å². The molecule has 0 amide bonds. The van der Waals surface area contributed by atoms with E-state index in [-0.39, 0.29) is 0 Å². The summed E-state index contributed by atoms with van der Waals surface area (Å²) < 4.78 is 0. The van der Waals surface area contributed by atoms with E-state index in [0.29, 0.717) is 0 Å². The van der Waals surface area contributed by atoms with Crippen LogP contribution in [0.2, 0.25) is 0 Å². The number of carboxylic acid groups (broad SMARTS) is 1. The van der Waals surface area contributed by atoms with Crippen LogP contribution in [0.25, 0.3) is 0 Å². The Labute approximate surface area is 36.1 Å². The van der Waals surface area contributed by atoms with Crippen molar-refractivity contribution in [3.05, 3.63) is 12.2 Å². The van der Waals surface area contributed by atoms with Crippen LogP contribution in [0.1, 0.15) is 6.92 Å². The molecule has 0 aromatic heterocycles. The monoisotopic (exact) mass is 85.0 g/mol. The average molecular weight is 85.1 g/mol. The number of hydrogen-bond donors (Lipinski definition) is 0. The molecule has 0 aliphatic rings. The molecule has 0 aliphatic heterocycles. The maximum absolute atomic E-state index is 9.40. The van der Waals surface area contributed by atoms with Crippen LogP contribution in [0, 0.1) is 0 Å². The highest BCUT2D eigenvalue weighted by atomic mass is 16.4. The molecular weight excluding hydrogens is 80.0 g/mol. The number of carbonyl (C=O) groups is 1. The van der Waals surface area contributed by atoms with Gasteiger partial charge in [0.15, 0.2) is 0 Å². The van der Waals surface area contributed by atoms with E-state index >= 15 is 0 Å². The molecule has 0 saturated heterocycles. The molecule has 0 radical (unpaired) electrons. The van der Waals surface area contributed by atoms with Gasteiger partial charge in [-0.3, -0.25) is 0 Å². The molecule has 0 aromatic rings. The van der Waals surface area contributed by atoms with Gasteiger partial charge in [0.2, 0.25) is 0 Å². The molecule has 0 unspecified atom stereocenters. The molecule has 0 bridgehead atoms. The van der Waals surface area contributed by atoms with Gasteiger partial charge in [0, 0.05) is 0 Å². The van der Waals surface area contributed by atoms with E-state index in [2.05, 4.69) is 0 Å². The van der Waals surface area contributed by atoms with E-state index in [0.717, 1.165) is 6.08 Å². The smallest absolute Gasteiger partial charge is 0.0639 e. The van der Waals surface area contributed by atoms with Gasteiger partial charge in [0.05, 0.1) is 5.97 Å². The number of hydrogen-bond acceptors (Lipinski definition) is 2. The molecule has 0 aromatic carbocycles. The third kappa shape index (κ3) is 3.21. The first kappa shape index (κ1) is 5.21. The van der Waals surface area contributed by atoms with Crippen LogP contribution in [0.4, 0.5) is 0 Å². The lowest BCUT2D eigenvalue weighted by atomic mass is 10.5. The Hall–Kier alpha value is -0.790. The molecule has 0 spiro atoms. The second kappa shape index (κ2) is 2.45. The standard InChI is InChI=1S/C4H6O2/c1-2-3-4(5)6/h2-3H,1H3,(H,5,6)/p-1/b3-2-. The Bertz CT molecular complexity index is 73.6. The normalized spacial score (nSPS) is 9.50. The van der Waals surface area contributed by atoms with Crippen molar-refractivity contribution < 1.29 is 9.90 Å². The van der Waals surface area contributed by atoms with Gasteiger partial charge in [0.25, 0.3) is 0 Å². The van der Waals surface area contributed by atoms with Crippen LogP contribution in [-0.2, 0) is 4.79 Å². The quantitative estimate of drug-likeness (QED) is 0.395. The lowest BCUT2D eigenvalue weighted by Gasteiger charge is -1.83. The molecule has 0 heterocycles. The van der Waals surface area contributed by atoms with Gasteiger partial charge < -0.3 is 9.90 Å². The fraction of sp³-hybridized carbons (Fsp3) is 0.250. The Kier molecular flexibility index (Phi) is 2.13. The van der Waals surface area contributed by atoms with Gasteiger partial charge >= 0.3 is 0 Å². The number of aliphatic carboxylic acids is 1. The van der Waals surface area contributed by atoms with Gasteiger partial charge in [-0.1, -0.05) is 6.08 Å². The zero-order valence-corrected chi connectivity index (χ0v) is 3.47. The Morgan fingerprint density at radius 1 is 1.83 bits per heavy atom. The van der Waals surface area contributed by atoms with Gasteiger partial charge in [0.1, 0.15) is 0 Å². The maximum Gasteiger partial charge on any atom is 0.0639 e. The SMILES string of the molecule is C/C=C\C(=O)[O-]. The molecule has 34 valence electrons. The van der Waals surface area contributed by atoms with Crippen molar-refractivity contribution in [1.29, 1.82) is 0 Å². The summed E-state index contributed by atoms with van der Waals surface area (Å²) in [6, 6.07) is 0. The number of rotatable bonds is 1. The fourth-order valence-corrected chi connectivity index (χ4v) is 0.136. The minimum Gasteiger partial charge on any atom is -0.545 e. The van der Waals surface area contributed by atoms with Gasteiger partial charge in [-0.2, -0.15) is 0 Å². The average Bonchev–Trinajstić information content (AvgIpc) is 1.35. The van der Waals surface area contributed by atoms with Crippen molar-refractivity contribution in [3.8, 4) is 0 Å². The molecular formula is C4H5O2-. The molecule has 0 N–H and O–H groups in total. The Morgan fingerprint density at radius 3 is 2.33 bits per heavy atom.